The first kappa shape index (κ1) is 10.5. The van der Waals surface area contributed by atoms with Crippen molar-refractivity contribution in [3.8, 4) is 5.75 Å². The molecular formula is C9H12N2O3. The van der Waals surface area contributed by atoms with Gasteiger partial charge in [0.2, 0.25) is 0 Å². The van der Waals surface area contributed by atoms with Gasteiger partial charge in [0.05, 0.1) is 4.92 Å². The highest BCUT2D eigenvalue weighted by Gasteiger charge is 2.19. The lowest BCUT2D eigenvalue weighted by molar-refractivity contribution is -0.386. The van der Waals surface area contributed by atoms with Crippen molar-refractivity contribution in [2.45, 2.75) is 19.4 Å². The molecule has 0 bridgehead atoms. The molecule has 14 heavy (non-hydrogen) atoms. The number of para-hydroxylation sites is 1. The smallest absolute Gasteiger partial charge is 0.313 e. The van der Waals surface area contributed by atoms with Gasteiger partial charge in [0, 0.05) is 11.6 Å². The molecule has 5 heteroatoms. The van der Waals surface area contributed by atoms with Crippen LogP contribution in [0.5, 0.6) is 5.75 Å². The zero-order chi connectivity index (χ0) is 10.7. The van der Waals surface area contributed by atoms with Crippen LogP contribution in [0.2, 0.25) is 0 Å². The van der Waals surface area contributed by atoms with Gasteiger partial charge in [-0.3, -0.25) is 10.1 Å². The fourth-order valence-corrected chi connectivity index (χ4v) is 1.30. The number of benzene rings is 1. The van der Waals surface area contributed by atoms with Crippen LogP contribution in [0.25, 0.3) is 0 Å². The lowest BCUT2D eigenvalue weighted by Gasteiger charge is -2.06. The van der Waals surface area contributed by atoms with Crippen LogP contribution in [0, 0.1) is 10.1 Å². The molecule has 0 aliphatic carbocycles. The van der Waals surface area contributed by atoms with Crippen LogP contribution in [0.1, 0.15) is 12.5 Å². The summed E-state index contributed by atoms with van der Waals surface area (Å²) in [6.07, 6.45) is 0.380. The lowest BCUT2D eigenvalue weighted by Crippen LogP contribution is -2.18. The summed E-state index contributed by atoms with van der Waals surface area (Å²) in [7, 11) is 0. The summed E-state index contributed by atoms with van der Waals surface area (Å²) >= 11 is 0. The van der Waals surface area contributed by atoms with Gasteiger partial charge in [-0.25, -0.2) is 0 Å². The van der Waals surface area contributed by atoms with E-state index in [0.29, 0.717) is 12.0 Å². The maximum atomic E-state index is 10.6. The highest BCUT2D eigenvalue weighted by atomic mass is 16.6. The monoisotopic (exact) mass is 196 g/mol. The van der Waals surface area contributed by atoms with E-state index in [0.717, 1.165) is 0 Å². The number of nitro benzene ring substituents is 1. The van der Waals surface area contributed by atoms with Crippen LogP contribution in [-0.4, -0.2) is 16.1 Å². The van der Waals surface area contributed by atoms with E-state index in [9.17, 15) is 15.2 Å². The maximum absolute atomic E-state index is 10.6. The van der Waals surface area contributed by atoms with E-state index in [1.807, 2.05) is 0 Å². The summed E-state index contributed by atoms with van der Waals surface area (Å²) in [5, 5.41) is 19.9. The maximum Gasteiger partial charge on any atom is 0.313 e. The van der Waals surface area contributed by atoms with Crippen molar-refractivity contribution in [2.75, 3.05) is 0 Å². The second kappa shape index (κ2) is 4.06. The molecule has 0 aliphatic heterocycles. The van der Waals surface area contributed by atoms with Gasteiger partial charge < -0.3 is 10.8 Å². The number of hydrogen-bond acceptors (Lipinski definition) is 4. The summed E-state index contributed by atoms with van der Waals surface area (Å²) in [4.78, 5) is 10.0. The molecule has 1 aromatic carbocycles. The van der Waals surface area contributed by atoms with Gasteiger partial charge in [-0.2, -0.15) is 0 Å². The quantitative estimate of drug-likeness (QED) is 0.561. The Labute approximate surface area is 81.3 Å². The number of nitrogens with zero attached hydrogens (tertiary/aromatic N) is 1. The van der Waals surface area contributed by atoms with Gasteiger partial charge in [0.15, 0.2) is 5.75 Å². The third-order valence-electron chi connectivity index (χ3n) is 1.82. The van der Waals surface area contributed by atoms with Crippen LogP contribution >= 0.6 is 0 Å². The Morgan fingerprint density at radius 3 is 2.79 bits per heavy atom. The minimum Gasteiger partial charge on any atom is -0.502 e. The number of nitro groups is 1. The number of hydrogen-bond donors (Lipinski definition) is 2. The van der Waals surface area contributed by atoms with Crippen LogP contribution < -0.4 is 5.73 Å². The molecule has 0 heterocycles. The van der Waals surface area contributed by atoms with Crippen LogP contribution in [-0.2, 0) is 6.42 Å². The molecule has 76 valence electrons. The van der Waals surface area contributed by atoms with E-state index in [1.54, 1.807) is 19.1 Å². The van der Waals surface area contributed by atoms with Crippen molar-refractivity contribution in [3.05, 3.63) is 33.9 Å². The van der Waals surface area contributed by atoms with Gasteiger partial charge in [-0.05, 0) is 19.4 Å². The van der Waals surface area contributed by atoms with Crippen molar-refractivity contribution in [1.29, 1.82) is 0 Å². The van der Waals surface area contributed by atoms with Crippen LogP contribution in [0.15, 0.2) is 18.2 Å². The van der Waals surface area contributed by atoms with E-state index >= 15 is 0 Å². The summed E-state index contributed by atoms with van der Waals surface area (Å²) in [6, 6.07) is 4.29. The SMILES string of the molecule is CC(N)Cc1cccc(O)c1[N+](=O)[O-]. The molecule has 0 aromatic heterocycles. The van der Waals surface area contributed by atoms with Crippen molar-refractivity contribution in [2.24, 2.45) is 5.73 Å². The molecule has 0 aliphatic rings. The Bertz CT molecular complexity index is 350. The first-order chi connectivity index (χ1) is 6.52. The van der Waals surface area contributed by atoms with Crippen molar-refractivity contribution in [3.63, 3.8) is 0 Å². The van der Waals surface area contributed by atoms with Gasteiger partial charge >= 0.3 is 5.69 Å². The summed E-state index contributed by atoms with van der Waals surface area (Å²) in [5.41, 5.74) is 5.76. The van der Waals surface area contributed by atoms with Crippen molar-refractivity contribution < 1.29 is 10.0 Å². The molecule has 1 atom stereocenters. The third-order valence-corrected chi connectivity index (χ3v) is 1.82. The summed E-state index contributed by atoms with van der Waals surface area (Å²) in [6.45, 7) is 1.76. The van der Waals surface area contributed by atoms with E-state index in [2.05, 4.69) is 0 Å². The summed E-state index contributed by atoms with van der Waals surface area (Å²) in [5.74, 6) is -0.312. The third kappa shape index (κ3) is 2.20. The average molecular weight is 196 g/mol. The predicted molar refractivity (Wildman–Crippen MR) is 52.1 cm³/mol. The Morgan fingerprint density at radius 1 is 1.64 bits per heavy atom. The zero-order valence-electron chi connectivity index (χ0n) is 7.80. The van der Waals surface area contributed by atoms with Gasteiger partial charge in [-0.15, -0.1) is 0 Å². The minimum absolute atomic E-state index is 0.171. The average Bonchev–Trinajstić information content (AvgIpc) is 2.01. The van der Waals surface area contributed by atoms with Gasteiger partial charge in [0.25, 0.3) is 0 Å². The predicted octanol–water partition coefficient (Wildman–Crippen LogP) is 1.19. The highest BCUT2D eigenvalue weighted by molar-refractivity contribution is 5.52. The topological polar surface area (TPSA) is 89.4 Å². The Kier molecular flexibility index (Phi) is 3.03. The molecule has 1 rings (SSSR count). The fourth-order valence-electron chi connectivity index (χ4n) is 1.30. The Balaban J connectivity index is 3.14. The number of phenols is 1. The molecule has 0 radical (unpaired) electrons. The largest absolute Gasteiger partial charge is 0.502 e. The normalized spacial score (nSPS) is 12.4. The standard InChI is InChI=1S/C9H12N2O3/c1-6(10)5-7-3-2-4-8(12)9(7)11(13)14/h2-4,6,12H,5,10H2,1H3. The molecule has 5 nitrogen and oxygen atoms in total. The fraction of sp³-hybridized carbons (Fsp3) is 0.333. The van der Waals surface area contributed by atoms with Crippen molar-refractivity contribution in [1.82, 2.24) is 0 Å². The first-order valence-corrected chi connectivity index (χ1v) is 4.23. The second-order valence-corrected chi connectivity index (χ2v) is 3.22. The molecule has 0 saturated carbocycles. The molecule has 1 aromatic rings. The Morgan fingerprint density at radius 2 is 2.29 bits per heavy atom. The molecule has 1 unspecified atom stereocenters. The number of aromatic hydroxyl groups is 1. The lowest BCUT2D eigenvalue weighted by atomic mass is 10.1. The number of nitrogens with two attached hydrogens (primary N) is 1. The molecule has 0 spiro atoms. The van der Waals surface area contributed by atoms with E-state index in [-0.39, 0.29) is 17.5 Å². The van der Waals surface area contributed by atoms with E-state index in [4.69, 9.17) is 5.73 Å². The molecule has 0 saturated heterocycles. The highest BCUT2D eigenvalue weighted by Crippen LogP contribution is 2.29. The van der Waals surface area contributed by atoms with Gasteiger partial charge in [-0.1, -0.05) is 12.1 Å². The number of rotatable bonds is 3. The minimum atomic E-state index is -0.590. The molecule has 0 fully saturated rings. The van der Waals surface area contributed by atoms with Crippen molar-refractivity contribution >= 4 is 5.69 Å². The second-order valence-electron chi connectivity index (χ2n) is 3.22. The van der Waals surface area contributed by atoms with Crippen LogP contribution in [0.4, 0.5) is 5.69 Å². The zero-order valence-corrected chi connectivity index (χ0v) is 7.80. The van der Waals surface area contributed by atoms with E-state index in [1.165, 1.54) is 6.07 Å². The number of phenolic OH excluding ortho intramolecular Hbond substituents is 1. The first-order valence-electron chi connectivity index (χ1n) is 4.23. The molecule has 3 N–H and O–H groups in total. The summed E-state index contributed by atoms with van der Waals surface area (Å²) < 4.78 is 0. The van der Waals surface area contributed by atoms with E-state index < -0.39 is 4.92 Å². The van der Waals surface area contributed by atoms with Gasteiger partial charge in [0.1, 0.15) is 0 Å². The molecular weight excluding hydrogens is 184 g/mol. The molecule has 0 amide bonds. The van der Waals surface area contributed by atoms with Crippen LogP contribution in [0.3, 0.4) is 0 Å². The Hall–Kier alpha value is -1.62.